The normalized spacial score (nSPS) is 14.0. The number of aliphatic hydroxyl groups excluding tert-OH is 1. The number of esters is 1. The number of hydrogen-bond donors (Lipinski definition) is 2. The second-order valence-corrected chi connectivity index (χ2v) is 3.25. The van der Waals surface area contributed by atoms with E-state index in [2.05, 4.69) is 6.58 Å². The second-order valence-electron chi connectivity index (χ2n) is 3.25. The summed E-state index contributed by atoms with van der Waals surface area (Å²) < 4.78 is 4.74. The molecule has 2 unspecified atom stereocenters. The average molecular weight is 216 g/mol. The molecule has 0 aromatic heterocycles. The molecule has 5 nitrogen and oxygen atoms in total. The summed E-state index contributed by atoms with van der Waals surface area (Å²) in [6.07, 6.45) is 0.862. The van der Waals surface area contributed by atoms with Crippen LogP contribution in [0.5, 0.6) is 0 Å². The Morgan fingerprint density at radius 2 is 2.13 bits per heavy atom. The number of carboxylic acid groups (broad SMARTS) is 1. The number of allylic oxidation sites excluding steroid dienone is 1. The van der Waals surface area contributed by atoms with Gasteiger partial charge in [-0.3, -0.25) is 9.59 Å². The molecule has 0 aliphatic carbocycles. The summed E-state index contributed by atoms with van der Waals surface area (Å²) in [6, 6.07) is 0. The zero-order valence-electron chi connectivity index (χ0n) is 8.68. The first kappa shape index (κ1) is 13.6. The molecular weight excluding hydrogens is 200 g/mol. The molecule has 0 aliphatic heterocycles. The number of hydrogen-bond acceptors (Lipinski definition) is 4. The molecule has 0 spiro atoms. The molecule has 0 saturated carbocycles. The molecule has 0 bridgehead atoms. The van der Waals surface area contributed by atoms with E-state index in [4.69, 9.17) is 14.9 Å². The van der Waals surface area contributed by atoms with Crippen molar-refractivity contribution in [1.29, 1.82) is 0 Å². The Morgan fingerprint density at radius 1 is 1.53 bits per heavy atom. The van der Waals surface area contributed by atoms with Gasteiger partial charge in [-0.25, -0.2) is 0 Å². The van der Waals surface area contributed by atoms with Crippen LogP contribution >= 0.6 is 0 Å². The van der Waals surface area contributed by atoms with Gasteiger partial charge in [0.05, 0.1) is 18.9 Å². The Bertz CT molecular complexity index is 236. The first-order valence-electron chi connectivity index (χ1n) is 4.65. The van der Waals surface area contributed by atoms with Crippen molar-refractivity contribution in [1.82, 2.24) is 0 Å². The van der Waals surface area contributed by atoms with Gasteiger partial charge in [0, 0.05) is 0 Å². The van der Waals surface area contributed by atoms with Crippen molar-refractivity contribution >= 4 is 11.9 Å². The molecule has 0 radical (unpaired) electrons. The third-order valence-electron chi connectivity index (χ3n) is 1.80. The molecule has 86 valence electrons. The van der Waals surface area contributed by atoms with Crippen molar-refractivity contribution in [3.8, 4) is 0 Å². The monoisotopic (exact) mass is 216 g/mol. The van der Waals surface area contributed by atoms with Crippen molar-refractivity contribution in [3.05, 3.63) is 12.7 Å². The lowest BCUT2D eigenvalue weighted by molar-refractivity contribution is -0.155. The van der Waals surface area contributed by atoms with Crippen LogP contribution in [0.2, 0.25) is 0 Å². The molecule has 0 saturated heterocycles. The number of carbonyl (C=O) groups excluding carboxylic acids is 1. The predicted molar refractivity (Wildman–Crippen MR) is 53.2 cm³/mol. The van der Waals surface area contributed by atoms with Gasteiger partial charge in [0.25, 0.3) is 0 Å². The van der Waals surface area contributed by atoms with Crippen LogP contribution in [0, 0.1) is 5.92 Å². The number of carboxylic acids is 1. The molecule has 2 N–H and O–H groups in total. The van der Waals surface area contributed by atoms with Crippen molar-refractivity contribution in [2.45, 2.75) is 25.9 Å². The molecule has 0 aromatic rings. The van der Waals surface area contributed by atoms with Gasteiger partial charge in [0.1, 0.15) is 6.10 Å². The lowest BCUT2D eigenvalue weighted by Gasteiger charge is -2.13. The van der Waals surface area contributed by atoms with Crippen LogP contribution in [-0.2, 0) is 14.3 Å². The molecule has 0 amide bonds. The van der Waals surface area contributed by atoms with Gasteiger partial charge in [-0.05, 0) is 13.3 Å². The molecule has 0 aromatic carbocycles. The standard InChI is InChI=1S/C10H16O5/c1-3-4-8(10(13)14)5-9(12)15-7(2)6-11/h3,7-8,11H,1,4-6H2,2H3,(H,13,14). The summed E-state index contributed by atoms with van der Waals surface area (Å²) in [5.74, 6) is -2.48. The largest absolute Gasteiger partial charge is 0.481 e. The minimum absolute atomic E-state index is 0.203. The maximum absolute atomic E-state index is 11.2. The Morgan fingerprint density at radius 3 is 2.53 bits per heavy atom. The molecule has 0 rings (SSSR count). The van der Waals surface area contributed by atoms with E-state index in [0.717, 1.165) is 0 Å². The molecule has 0 heterocycles. The smallest absolute Gasteiger partial charge is 0.307 e. The van der Waals surface area contributed by atoms with Gasteiger partial charge in [-0.2, -0.15) is 0 Å². The Hall–Kier alpha value is -1.36. The quantitative estimate of drug-likeness (QED) is 0.480. The maximum Gasteiger partial charge on any atom is 0.307 e. The van der Waals surface area contributed by atoms with Crippen LogP contribution in [0.25, 0.3) is 0 Å². The summed E-state index contributed by atoms with van der Waals surface area (Å²) in [5.41, 5.74) is 0. The molecule has 15 heavy (non-hydrogen) atoms. The zero-order valence-corrected chi connectivity index (χ0v) is 8.68. The van der Waals surface area contributed by atoms with Gasteiger partial charge in [-0.15, -0.1) is 6.58 Å². The lowest BCUT2D eigenvalue weighted by atomic mass is 10.0. The van der Waals surface area contributed by atoms with Gasteiger partial charge in [0.15, 0.2) is 0 Å². The van der Waals surface area contributed by atoms with Crippen molar-refractivity contribution < 1.29 is 24.5 Å². The Kier molecular flexibility index (Phi) is 6.37. The highest BCUT2D eigenvalue weighted by molar-refractivity contribution is 5.78. The summed E-state index contributed by atoms with van der Waals surface area (Å²) in [4.78, 5) is 21.8. The van der Waals surface area contributed by atoms with Gasteiger partial charge >= 0.3 is 11.9 Å². The fraction of sp³-hybridized carbons (Fsp3) is 0.600. The highest BCUT2D eigenvalue weighted by atomic mass is 16.5. The highest BCUT2D eigenvalue weighted by Gasteiger charge is 2.21. The molecule has 2 atom stereocenters. The summed E-state index contributed by atoms with van der Waals surface area (Å²) in [5, 5.41) is 17.4. The molecular formula is C10H16O5. The third-order valence-corrected chi connectivity index (χ3v) is 1.80. The van der Waals surface area contributed by atoms with E-state index in [1.54, 1.807) is 0 Å². The van der Waals surface area contributed by atoms with E-state index in [-0.39, 0.29) is 19.4 Å². The molecule has 0 fully saturated rings. The molecule has 5 heteroatoms. The van der Waals surface area contributed by atoms with Crippen molar-refractivity contribution in [2.24, 2.45) is 5.92 Å². The van der Waals surface area contributed by atoms with E-state index in [1.165, 1.54) is 13.0 Å². The van der Waals surface area contributed by atoms with E-state index in [9.17, 15) is 9.59 Å². The van der Waals surface area contributed by atoms with Crippen LogP contribution in [0.3, 0.4) is 0 Å². The topological polar surface area (TPSA) is 83.8 Å². The van der Waals surface area contributed by atoms with Crippen molar-refractivity contribution in [3.63, 3.8) is 0 Å². The average Bonchev–Trinajstić information content (AvgIpc) is 2.16. The van der Waals surface area contributed by atoms with Crippen LogP contribution in [0.4, 0.5) is 0 Å². The lowest BCUT2D eigenvalue weighted by Crippen LogP contribution is -2.23. The number of rotatable bonds is 7. The maximum atomic E-state index is 11.2. The Balaban J connectivity index is 4.10. The number of carbonyl (C=O) groups is 2. The molecule has 0 aliphatic rings. The number of aliphatic carboxylic acids is 1. The first-order chi connectivity index (χ1) is 7.01. The first-order valence-corrected chi connectivity index (χ1v) is 4.65. The summed E-state index contributed by atoms with van der Waals surface area (Å²) in [7, 11) is 0. The van der Waals surface area contributed by atoms with E-state index in [0.29, 0.717) is 0 Å². The van der Waals surface area contributed by atoms with E-state index in [1.807, 2.05) is 0 Å². The van der Waals surface area contributed by atoms with E-state index < -0.39 is 24.0 Å². The van der Waals surface area contributed by atoms with E-state index >= 15 is 0 Å². The van der Waals surface area contributed by atoms with Gasteiger partial charge in [-0.1, -0.05) is 6.08 Å². The van der Waals surface area contributed by atoms with Crippen LogP contribution in [-0.4, -0.2) is 34.9 Å². The third kappa shape index (κ3) is 5.85. The minimum atomic E-state index is -1.05. The fourth-order valence-corrected chi connectivity index (χ4v) is 0.984. The summed E-state index contributed by atoms with van der Waals surface area (Å²) >= 11 is 0. The van der Waals surface area contributed by atoms with Crippen molar-refractivity contribution in [2.75, 3.05) is 6.61 Å². The number of ether oxygens (including phenoxy) is 1. The van der Waals surface area contributed by atoms with Crippen LogP contribution in [0.15, 0.2) is 12.7 Å². The Labute approximate surface area is 88.4 Å². The minimum Gasteiger partial charge on any atom is -0.481 e. The number of aliphatic hydroxyl groups is 1. The van der Waals surface area contributed by atoms with Gasteiger partial charge in [0.2, 0.25) is 0 Å². The zero-order chi connectivity index (χ0) is 11.8. The van der Waals surface area contributed by atoms with Crippen LogP contribution in [0.1, 0.15) is 19.8 Å². The highest BCUT2D eigenvalue weighted by Crippen LogP contribution is 2.11. The SMILES string of the molecule is C=CCC(CC(=O)OC(C)CO)C(=O)O. The van der Waals surface area contributed by atoms with Crippen LogP contribution < -0.4 is 0 Å². The summed E-state index contributed by atoms with van der Waals surface area (Å²) in [6.45, 7) is 4.67. The predicted octanol–water partition coefficient (Wildman–Crippen LogP) is 0.577. The van der Waals surface area contributed by atoms with Gasteiger partial charge < -0.3 is 14.9 Å². The fourth-order valence-electron chi connectivity index (χ4n) is 0.984. The second kappa shape index (κ2) is 7.00.